The Morgan fingerprint density at radius 3 is 1.85 bits per heavy atom. The van der Waals surface area contributed by atoms with Crippen molar-refractivity contribution in [2.45, 2.75) is 123 Å². The number of unbranched alkanes of at least 4 members (excludes halogenated alkanes) is 2. The van der Waals surface area contributed by atoms with Crippen LogP contribution in [0.2, 0.25) is 0 Å². The molecule has 2 bridgehead atoms. The topological polar surface area (TPSA) is 0 Å². The number of hydrogen-bond acceptors (Lipinski definition) is 0. The lowest BCUT2D eigenvalue weighted by molar-refractivity contribution is -0.245. The zero-order chi connectivity index (χ0) is 18.7. The molecule has 0 unspecified atom stereocenters. The molecule has 27 heavy (non-hydrogen) atoms. The highest BCUT2D eigenvalue weighted by Crippen LogP contribution is 2.79. The average molecular weight is 371 g/mol. The van der Waals surface area contributed by atoms with E-state index in [1.165, 1.54) is 77.0 Å². The van der Waals surface area contributed by atoms with Crippen molar-refractivity contribution in [2.75, 3.05) is 0 Å². The Balaban J connectivity index is 1.13. The van der Waals surface area contributed by atoms with Crippen LogP contribution in [0.1, 0.15) is 123 Å². The fourth-order valence-electron chi connectivity index (χ4n) is 7.90. The fraction of sp³-hybridized carbons (Fsp3) is 0.926. The third-order valence-corrected chi connectivity index (χ3v) is 9.36. The highest BCUT2D eigenvalue weighted by molar-refractivity contribution is 5.19. The van der Waals surface area contributed by atoms with Crippen molar-refractivity contribution in [3.8, 4) is 0 Å². The maximum absolute atomic E-state index is 2.67. The molecule has 0 heteroatoms. The van der Waals surface area contributed by atoms with Crippen LogP contribution in [0.5, 0.6) is 0 Å². The Hall–Kier alpha value is -0.260. The molecule has 0 aromatic rings. The van der Waals surface area contributed by atoms with Gasteiger partial charge in [0.1, 0.15) is 0 Å². The number of hydrogen-bond donors (Lipinski definition) is 0. The Kier molecular flexibility index (Phi) is 6.40. The van der Waals surface area contributed by atoms with E-state index < -0.39 is 0 Å². The van der Waals surface area contributed by atoms with Gasteiger partial charge in [-0.05, 0) is 112 Å². The molecule has 5 rings (SSSR count). The second-order valence-corrected chi connectivity index (χ2v) is 11.4. The van der Waals surface area contributed by atoms with Crippen LogP contribution in [0.15, 0.2) is 12.2 Å². The molecule has 0 spiro atoms. The molecule has 0 aliphatic heterocycles. The predicted molar refractivity (Wildman–Crippen MR) is 118 cm³/mol. The average Bonchev–Trinajstić information content (AvgIpc) is 2.64. The smallest absolute Gasteiger partial charge is 0.0233 e. The first-order valence-electron chi connectivity index (χ1n) is 12.9. The summed E-state index contributed by atoms with van der Waals surface area (Å²) >= 11 is 0. The molecule has 0 aromatic heterocycles. The van der Waals surface area contributed by atoms with Crippen molar-refractivity contribution in [1.82, 2.24) is 0 Å². The maximum atomic E-state index is 2.67. The summed E-state index contributed by atoms with van der Waals surface area (Å²) in [5.74, 6) is 3.98. The van der Waals surface area contributed by atoms with E-state index in [4.69, 9.17) is 0 Å². The van der Waals surface area contributed by atoms with Gasteiger partial charge in [0.15, 0.2) is 0 Å². The van der Waals surface area contributed by atoms with Crippen molar-refractivity contribution in [2.24, 2.45) is 34.5 Å². The van der Waals surface area contributed by atoms with Crippen LogP contribution in [0.25, 0.3) is 0 Å². The summed E-state index contributed by atoms with van der Waals surface area (Å²) in [5.41, 5.74) is 1.70. The van der Waals surface area contributed by atoms with Crippen molar-refractivity contribution in [3.05, 3.63) is 12.2 Å². The summed E-state index contributed by atoms with van der Waals surface area (Å²) in [4.78, 5) is 0. The van der Waals surface area contributed by atoms with Crippen molar-refractivity contribution < 1.29 is 0 Å². The second kappa shape index (κ2) is 8.62. The first-order valence-corrected chi connectivity index (χ1v) is 12.9. The van der Waals surface area contributed by atoms with Crippen LogP contribution >= 0.6 is 0 Å². The Bertz CT molecular complexity index is 464. The molecule has 0 heterocycles. The molecule has 5 aliphatic carbocycles. The van der Waals surface area contributed by atoms with Crippen LogP contribution in [0.4, 0.5) is 0 Å². The minimum absolute atomic E-state index is 0.847. The Morgan fingerprint density at radius 1 is 0.704 bits per heavy atom. The largest absolute Gasteiger partial charge is 0.0851 e. The lowest BCUT2D eigenvalue weighted by Gasteiger charge is -2.75. The molecular formula is C27H46. The normalized spacial score (nSPS) is 44.1. The van der Waals surface area contributed by atoms with Crippen LogP contribution in [0, 0.1) is 34.5 Å². The minimum Gasteiger partial charge on any atom is -0.0851 e. The Morgan fingerprint density at radius 2 is 1.30 bits per heavy atom. The first-order chi connectivity index (χ1) is 13.2. The summed E-state index contributed by atoms with van der Waals surface area (Å²) in [7, 11) is 0. The molecule has 5 aliphatic rings. The van der Waals surface area contributed by atoms with Crippen molar-refractivity contribution >= 4 is 0 Å². The van der Waals surface area contributed by atoms with Gasteiger partial charge in [-0.2, -0.15) is 0 Å². The summed E-state index contributed by atoms with van der Waals surface area (Å²) in [5, 5.41) is 0. The molecule has 0 nitrogen and oxygen atoms in total. The third-order valence-electron chi connectivity index (χ3n) is 9.36. The standard InChI is InChI=1S/C27H46/c1-3-5-6-7-22-8-10-23(11-9-22)12-13-24-14-16-25(17-15-24)27-19-26(20-27,21-27)18-4-2/h12-13,22-25H,3-11,14-21H2,1-2H3/b13-12+/t22-,23-,24?,25?,26?,27?. The quantitative estimate of drug-likeness (QED) is 0.281. The summed E-state index contributed by atoms with van der Waals surface area (Å²) in [6.45, 7) is 4.70. The molecule has 5 fully saturated rings. The van der Waals surface area contributed by atoms with Crippen LogP contribution in [0.3, 0.4) is 0 Å². The molecule has 0 N–H and O–H groups in total. The van der Waals surface area contributed by atoms with E-state index in [9.17, 15) is 0 Å². The van der Waals surface area contributed by atoms with Crippen LogP contribution < -0.4 is 0 Å². The molecule has 0 radical (unpaired) electrons. The van der Waals surface area contributed by atoms with Gasteiger partial charge in [0.25, 0.3) is 0 Å². The third kappa shape index (κ3) is 4.35. The summed E-state index contributed by atoms with van der Waals surface area (Å²) in [6.07, 6.45) is 30.9. The molecule has 0 amide bonds. The zero-order valence-corrected chi connectivity index (χ0v) is 18.5. The van der Waals surface area contributed by atoms with Gasteiger partial charge < -0.3 is 0 Å². The van der Waals surface area contributed by atoms with Crippen molar-refractivity contribution in [3.63, 3.8) is 0 Å². The zero-order valence-electron chi connectivity index (χ0n) is 18.5. The van der Waals surface area contributed by atoms with Crippen LogP contribution in [-0.2, 0) is 0 Å². The monoisotopic (exact) mass is 370 g/mol. The van der Waals surface area contributed by atoms with Gasteiger partial charge in [-0.3, -0.25) is 0 Å². The van der Waals surface area contributed by atoms with Gasteiger partial charge >= 0.3 is 0 Å². The molecule has 5 saturated carbocycles. The minimum atomic E-state index is 0.847. The lowest BCUT2D eigenvalue weighted by Crippen LogP contribution is -2.64. The van der Waals surface area contributed by atoms with Crippen LogP contribution in [-0.4, -0.2) is 0 Å². The number of allylic oxidation sites excluding steroid dienone is 2. The number of rotatable bonds is 9. The van der Waals surface area contributed by atoms with Gasteiger partial charge in [-0.15, -0.1) is 0 Å². The van der Waals surface area contributed by atoms with Gasteiger partial charge in [-0.25, -0.2) is 0 Å². The molecular weight excluding hydrogens is 324 g/mol. The second-order valence-electron chi connectivity index (χ2n) is 11.4. The lowest BCUT2D eigenvalue weighted by atomic mass is 9.30. The summed E-state index contributed by atoms with van der Waals surface area (Å²) < 4.78 is 0. The molecule has 0 atom stereocenters. The highest BCUT2D eigenvalue weighted by atomic mass is 14.7. The maximum Gasteiger partial charge on any atom is -0.0233 e. The molecule has 0 aromatic carbocycles. The SMILES string of the molecule is CCCCC[C@H]1CC[C@H](/C=C/C2CCC(C34CC(CCC)(C3)C4)CC2)CC1. The van der Waals surface area contributed by atoms with E-state index in [1.807, 2.05) is 0 Å². The van der Waals surface area contributed by atoms with E-state index in [1.54, 1.807) is 32.1 Å². The van der Waals surface area contributed by atoms with Gasteiger partial charge in [0.05, 0.1) is 0 Å². The fourth-order valence-corrected chi connectivity index (χ4v) is 7.90. The van der Waals surface area contributed by atoms with Gasteiger partial charge in [0.2, 0.25) is 0 Å². The van der Waals surface area contributed by atoms with E-state index in [2.05, 4.69) is 26.0 Å². The van der Waals surface area contributed by atoms with E-state index in [0.717, 1.165) is 34.5 Å². The van der Waals surface area contributed by atoms with Gasteiger partial charge in [0, 0.05) is 0 Å². The molecule has 154 valence electrons. The van der Waals surface area contributed by atoms with Crippen molar-refractivity contribution in [1.29, 1.82) is 0 Å². The highest BCUT2D eigenvalue weighted by Gasteiger charge is 2.68. The van der Waals surface area contributed by atoms with Gasteiger partial charge in [-0.1, -0.05) is 58.1 Å². The summed E-state index contributed by atoms with van der Waals surface area (Å²) in [6, 6.07) is 0. The van der Waals surface area contributed by atoms with E-state index in [-0.39, 0.29) is 0 Å². The molecule has 0 saturated heterocycles. The predicted octanol–water partition coefficient (Wildman–Crippen LogP) is 8.71. The van der Waals surface area contributed by atoms with E-state index >= 15 is 0 Å². The van der Waals surface area contributed by atoms with E-state index in [0.29, 0.717) is 0 Å². The first kappa shape index (κ1) is 20.0. The Labute approximate surface area is 170 Å².